The largest absolute Gasteiger partial charge is 0.508 e. The maximum absolute atomic E-state index is 11.6. The van der Waals surface area contributed by atoms with Crippen molar-refractivity contribution in [1.29, 1.82) is 0 Å². The van der Waals surface area contributed by atoms with Crippen LogP contribution in [0.25, 0.3) is 11.1 Å². The van der Waals surface area contributed by atoms with Gasteiger partial charge in [-0.2, -0.15) is 0 Å². The molecule has 0 radical (unpaired) electrons. The minimum Gasteiger partial charge on any atom is -0.508 e. The highest BCUT2D eigenvalue weighted by atomic mass is 16.4. The molecule has 35 heavy (non-hydrogen) atoms. The van der Waals surface area contributed by atoms with Crippen molar-refractivity contribution < 1.29 is 15.0 Å². The van der Waals surface area contributed by atoms with Crippen LogP contribution in [0, 0.1) is 0 Å². The maximum atomic E-state index is 11.6. The SMILES string of the molecule is CC(C)N1CCN(c2ccc(C3=C(c4cccc(O)c4)CCc4cc(C(=O)O)ccc43)cc2)CC1. The van der Waals surface area contributed by atoms with Gasteiger partial charge in [0, 0.05) is 37.9 Å². The number of benzene rings is 3. The monoisotopic (exact) mass is 468 g/mol. The molecule has 1 aliphatic heterocycles. The van der Waals surface area contributed by atoms with Gasteiger partial charge in [-0.1, -0.05) is 30.3 Å². The summed E-state index contributed by atoms with van der Waals surface area (Å²) >= 11 is 0. The van der Waals surface area contributed by atoms with Crippen LogP contribution in [0.15, 0.2) is 66.7 Å². The van der Waals surface area contributed by atoms with Crippen LogP contribution in [-0.2, 0) is 6.42 Å². The molecule has 0 atom stereocenters. The van der Waals surface area contributed by atoms with Gasteiger partial charge in [-0.15, -0.1) is 0 Å². The molecule has 1 heterocycles. The van der Waals surface area contributed by atoms with Gasteiger partial charge in [0.15, 0.2) is 0 Å². The summed E-state index contributed by atoms with van der Waals surface area (Å²) in [4.78, 5) is 16.5. The smallest absolute Gasteiger partial charge is 0.335 e. The second-order valence-electron chi connectivity index (χ2n) is 9.74. The molecule has 5 nitrogen and oxygen atoms in total. The molecular formula is C30H32N2O3. The number of allylic oxidation sites excluding steroid dienone is 1. The Balaban J connectivity index is 1.53. The van der Waals surface area contributed by atoms with E-state index in [1.165, 1.54) is 11.3 Å². The summed E-state index contributed by atoms with van der Waals surface area (Å²) in [6.45, 7) is 8.70. The number of aryl methyl sites for hydroxylation is 1. The molecule has 2 aliphatic rings. The zero-order valence-corrected chi connectivity index (χ0v) is 20.4. The number of hydrogen-bond donors (Lipinski definition) is 2. The number of piperazine rings is 1. The van der Waals surface area contributed by atoms with Gasteiger partial charge in [0.2, 0.25) is 0 Å². The summed E-state index contributed by atoms with van der Waals surface area (Å²) in [6.07, 6.45) is 1.55. The third-order valence-corrected chi connectivity index (χ3v) is 7.33. The lowest BCUT2D eigenvalue weighted by Gasteiger charge is -2.38. The van der Waals surface area contributed by atoms with Crippen LogP contribution in [0.5, 0.6) is 5.75 Å². The van der Waals surface area contributed by atoms with Crippen LogP contribution in [0.2, 0.25) is 0 Å². The predicted molar refractivity (Wildman–Crippen MR) is 141 cm³/mol. The molecule has 0 aromatic heterocycles. The third kappa shape index (κ3) is 4.69. The summed E-state index contributed by atoms with van der Waals surface area (Å²) in [7, 11) is 0. The lowest BCUT2D eigenvalue weighted by molar-refractivity contribution is 0.0696. The van der Waals surface area contributed by atoms with Crippen molar-refractivity contribution in [2.45, 2.75) is 32.7 Å². The minimum atomic E-state index is -0.904. The number of phenolic OH excluding ortho intramolecular Hbond substituents is 1. The molecule has 2 N–H and O–H groups in total. The lowest BCUT2D eigenvalue weighted by atomic mass is 9.79. The van der Waals surface area contributed by atoms with E-state index in [0.29, 0.717) is 11.6 Å². The van der Waals surface area contributed by atoms with E-state index in [1.807, 2.05) is 24.3 Å². The zero-order valence-electron chi connectivity index (χ0n) is 20.4. The van der Waals surface area contributed by atoms with Crippen LogP contribution in [0.1, 0.15) is 52.9 Å². The van der Waals surface area contributed by atoms with Crippen molar-refractivity contribution in [3.63, 3.8) is 0 Å². The van der Waals surface area contributed by atoms with Crippen LogP contribution in [-0.4, -0.2) is 53.3 Å². The highest BCUT2D eigenvalue weighted by Gasteiger charge is 2.24. The van der Waals surface area contributed by atoms with Crippen LogP contribution in [0.4, 0.5) is 5.69 Å². The first-order valence-electron chi connectivity index (χ1n) is 12.4. The molecule has 0 spiro atoms. The molecule has 1 saturated heterocycles. The van der Waals surface area contributed by atoms with Gasteiger partial charge >= 0.3 is 5.97 Å². The van der Waals surface area contributed by atoms with Crippen molar-refractivity contribution in [3.05, 3.63) is 94.5 Å². The van der Waals surface area contributed by atoms with Crippen molar-refractivity contribution in [2.24, 2.45) is 0 Å². The second-order valence-corrected chi connectivity index (χ2v) is 9.74. The molecule has 1 aliphatic carbocycles. The Bertz CT molecular complexity index is 1270. The fraction of sp³-hybridized carbons (Fsp3) is 0.300. The average Bonchev–Trinajstić information content (AvgIpc) is 2.88. The van der Waals surface area contributed by atoms with E-state index in [4.69, 9.17) is 0 Å². The molecule has 5 rings (SSSR count). The van der Waals surface area contributed by atoms with E-state index >= 15 is 0 Å². The van der Waals surface area contributed by atoms with Gasteiger partial charge in [0.25, 0.3) is 0 Å². The minimum absolute atomic E-state index is 0.247. The summed E-state index contributed by atoms with van der Waals surface area (Å²) < 4.78 is 0. The second kappa shape index (κ2) is 9.59. The molecule has 1 fully saturated rings. The molecule has 0 amide bonds. The Labute approximate surface area is 206 Å². The lowest BCUT2D eigenvalue weighted by Crippen LogP contribution is -2.48. The Kier molecular flexibility index (Phi) is 6.35. The van der Waals surface area contributed by atoms with Crippen molar-refractivity contribution >= 4 is 22.8 Å². The first-order chi connectivity index (χ1) is 16.9. The van der Waals surface area contributed by atoms with Gasteiger partial charge in [0.05, 0.1) is 5.56 Å². The Morgan fingerprint density at radius 2 is 1.60 bits per heavy atom. The first kappa shape index (κ1) is 23.2. The molecule has 3 aromatic rings. The molecular weight excluding hydrogens is 436 g/mol. The van der Waals surface area contributed by atoms with E-state index in [2.05, 4.69) is 47.9 Å². The number of aromatic hydroxyl groups is 1. The van der Waals surface area contributed by atoms with E-state index in [9.17, 15) is 15.0 Å². The van der Waals surface area contributed by atoms with Crippen LogP contribution < -0.4 is 4.90 Å². The quantitative estimate of drug-likeness (QED) is 0.516. The van der Waals surface area contributed by atoms with Gasteiger partial charge < -0.3 is 15.1 Å². The normalized spacial score (nSPS) is 16.5. The Morgan fingerprint density at radius 1 is 0.857 bits per heavy atom. The Hall–Kier alpha value is -3.57. The summed E-state index contributed by atoms with van der Waals surface area (Å²) in [5.41, 5.74) is 8.07. The highest BCUT2D eigenvalue weighted by Crippen LogP contribution is 2.42. The van der Waals surface area contributed by atoms with Crippen molar-refractivity contribution in [2.75, 3.05) is 31.1 Å². The van der Waals surface area contributed by atoms with E-state index in [0.717, 1.165) is 66.8 Å². The standard InChI is InChI=1S/C30H32N2O3/c1-20(2)31-14-16-32(17-15-31)25-10-6-21(7-11-25)29-27(22-4-3-5-26(33)19-22)12-8-23-18-24(30(34)35)9-13-28(23)29/h3-7,9-11,13,18-20,33H,8,12,14-17H2,1-2H3,(H,34,35). The number of carboxylic acids is 1. The number of phenols is 1. The van der Waals surface area contributed by atoms with E-state index < -0.39 is 5.97 Å². The number of hydrogen-bond acceptors (Lipinski definition) is 4. The van der Waals surface area contributed by atoms with Gasteiger partial charge in [-0.3, -0.25) is 4.90 Å². The number of carbonyl (C=O) groups is 1. The molecule has 0 bridgehead atoms. The topological polar surface area (TPSA) is 64.0 Å². The third-order valence-electron chi connectivity index (χ3n) is 7.33. The van der Waals surface area contributed by atoms with E-state index in [1.54, 1.807) is 18.2 Å². The molecule has 3 aromatic carbocycles. The van der Waals surface area contributed by atoms with E-state index in [-0.39, 0.29) is 5.75 Å². The fourth-order valence-electron chi connectivity index (χ4n) is 5.37. The van der Waals surface area contributed by atoms with Gasteiger partial charge in [-0.25, -0.2) is 4.79 Å². The maximum Gasteiger partial charge on any atom is 0.335 e. The number of aromatic carboxylic acids is 1. The molecule has 5 heteroatoms. The van der Waals surface area contributed by atoms with Crippen molar-refractivity contribution in [3.8, 4) is 5.75 Å². The number of nitrogens with zero attached hydrogens (tertiary/aromatic N) is 2. The zero-order chi connectivity index (χ0) is 24.5. The van der Waals surface area contributed by atoms with Crippen LogP contribution >= 0.6 is 0 Å². The summed E-state index contributed by atoms with van der Waals surface area (Å²) in [5.74, 6) is -0.656. The Morgan fingerprint density at radius 3 is 2.26 bits per heavy atom. The van der Waals surface area contributed by atoms with Crippen LogP contribution in [0.3, 0.4) is 0 Å². The molecule has 0 saturated carbocycles. The first-order valence-corrected chi connectivity index (χ1v) is 12.4. The number of anilines is 1. The number of rotatable bonds is 5. The van der Waals surface area contributed by atoms with Crippen molar-refractivity contribution in [1.82, 2.24) is 4.90 Å². The summed E-state index contributed by atoms with van der Waals surface area (Å²) in [5, 5.41) is 19.6. The predicted octanol–water partition coefficient (Wildman–Crippen LogP) is 5.53. The number of carboxylic acid groups (broad SMARTS) is 1. The van der Waals surface area contributed by atoms with Gasteiger partial charge in [0.1, 0.15) is 5.75 Å². The highest BCUT2D eigenvalue weighted by molar-refractivity contribution is 6.01. The van der Waals surface area contributed by atoms with Gasteiger partial charge in [-0.05, 0) is 96.5 Å². The fourth-order valence-corrected chi connectivity index (χ4v) is 5.37. The summed E-state index contributed by atoms with van der Waals surface area (Å²) in [6, 6.07) is 22.2. The number of fused-ring (bicyclic) bond motifs is 1. The average molecular weight is 469 g/mol. The molecule has 180 valence electrons. The molecule has 0 unspecified atom stereocenters.